The van der Waals surface area contributed by atoms with Crippen molar-refractivity contribution in [3.8, 4) is 0 Å². The lowest BCUT2D eigenvalue weighted by molar-refractivity contribution is -0.906. The maximum absolute atomic E-state index is 13.7. The molecule has 172 valence electrons. The van der Waals surface area contributed by atoms with E-state index in [1.54, 1.807) is 11.8 Å². The van der Waals surface area contributed by atoms with Crippen LogP contribution in [0.15, 0.2) is 60.7 Å². The van der Waals surface area contributed by atoms with Gasteiger partial charge in [-0.2, -0.15) is 0 Å². The van der Waals surface area contributed by atoms with Crippen LogP contribution in [-0.4, -0.2) is 49.5 Å². The molecule has 0 fully saturated rings. The maximum atomic E-state index is 13.7. The lowest BCUT2D eigenvalue weighted by atomic mass is 9.90. The topological polar surface area (TPSA) is 26.3 Å². The molecule has 0 aromatic heterocycles. The summed E-state index contributed by atoms with van der Waals surface area (Å²) < 4.78 is 6.07. The molecule has 0 aliphatic rings. The average Bonchev–Trinajstić information content (AvgIpc) is 2.80. The van der Waals surface area contributed by atoms with Gasteiger partial charge in [-0.1, -0.05) is 80.4 Å². The summed E-state index contributed by atoms with van der Waals surface area (Å²) in [7, 11) is 2.22. The first-order valence-electron chi connectivity index (χ1n) is 11.3. The molecule has 0 atom stereocenters. The number of unbranched alkanes of at least 4 members (excludes halogenated alkanes) is 2. The number of likely N-dealkylation sites (N-methyl/N-ethyl adjacent to an activating group) is 1. The Balaban J connectivity index is 0.00000480. The number of hydrogen-bond acceptors (Lipinski definition) is 3. The van der Waals surface area contributed by atoms with Gasteiger partial charge < -0.3 is 33.2 Å². The Labute approximate surface area is 210 Å². The van der Waals surface area contributed by atoms with Gasteiger partial charge in [-0.3, -0.25) is 0 Å². The van der Waals surface area contributed by atoms with Gasteiger partial charge in [0.15, 0.2) is 4.75 Å². The molecule has 0 heterocycles. The minimum Gasteiger partial charge on any atom is -1.00 e. The third kappa shape index (κ3) is 7.50. The normalized spacial score (nSPS) is 11.6. The number of ether oxygens (including phenoxy) is 1. The summed E-state index contributed by atoms with van der Waals surface area (Å²) in [6.45, 7) is 9.91. The summed E-state index contributed by atoms with van der Waals surface area (Å²) in [5.74, 6) is 0.768. The summed E-state index contributed by atoms with van der Waals surface area (Å²) in [5.41, 5.74) is 1.98. The molecular weight excluding hydrogens is 517 g/mol. The fourth-order valence-electron chi connectivity index (χ4n) is 3.55. The Hall–Kier alpha value is -1.05. The van der Waals surface area contributed by atoms with Crippen molar-refractivity contribution in [1.82, 2.24) is 0 Å². The summed E-state index contributed by atoms with van der Waals surface area (Å²) in [6, 6.07) is 20.3. The van der Waals surface area contributed by atoms with Crippen LogP contribution in [0.3, 0.4) is 0 Å². The van der Waals surface area contributed by atoms with Gasteiger partial charge in [0.05, 0.1) is 20.1 Å². The van der Waals surface area contributed by atoms with E-state index in [1.165, 1.54) is 12.8 Å². The highest BCUT2D eigenvalue weighted by Crippen LogP contribution is 2.44. The molecule has 2 aromatic rings. The number of benzene rings is 2. The summed E-state index contributed by atoms with van der Waals surface area (Å²) in [5, 5.41) is 0. The number of quaternary nitrogens is 1. The van der Waals surface area contributed by atoms with E-state index in [9.17, 15) is 4.79 Å². The Bertz CT molecular complexity index is 711. The smallest absolute Gasteiger partial charge is 0.331 e. The van der Waals surface area contributed by atoms with E-state index in [4.69, 9.17) is 4.74 Å². The van der Waals surface area contributed by atoms with Gasteiger partial charge in [-0.25, -0.2) is 4.79 Å². The first-order valence-corrected chi connectivity index (χ1v) is 12.3. The number of carbonyl (C=O) groups is 1. The third-order valence-electron chi connectivity index (χ3n) is 6.11. The van der Waals surface area contributed by atoms with Gasteiger partial charge in [0, 0.05) is 0 Å². The molecule has 0 bridgehead atoms. The quantitative estimate of drug-likeness (QED) is 0.165. The van der Waals surface area contributed by atoms with Crippen molar-refractivity contribution in [3.05, 3.63) is 71.8 Å². The van der Waals surface area contributed by atoms with Crippen LogP contribution in [0.4, 0.5) is 0 Å². The van der Waals surface area contributed by atoms with Crippen LogP contribution < -0.4 is 24.0 Å². The van der Waals surface area contributed by atoms with Crippen LogP contribution in [-0.2, 0) is 14.3 Å². The molecule has 31 heavy (non-hydrogen) atoms. The van der Waals surface area contributed by atoms with Crippen LogP contribution in [0.2, 0.25) is 0 Å². The van der Waals surface area contributed by atoms with Crippen molar-refractivity contribution in [2.24, 2.45) is 0 Å². The number of rotatable bonds is 13. The number of carbonyl (C=O) groups excluding carboxylic acids is 1. The van der Waals surface area contributed by atoms with Crippen LogP contribution in [0, 0.1) is 0 Å². The van der Waals surface area contributed by atoms with Gasteiger partial charge in [0.2, 0.25) is 0 Å². The molecule has 0 spiro atoms. The zero-order valence-corrected chi connectivity index (χ0v) is 22.5. The monoisotopic (exact) mass is 555 g/mol. The Morgan fingerprint density at radius 2 is 1.42 bits per heavy atom. The number of esters is 1. The van der Waals surface area contributed by atoms with Crippen molar-refractivity contribution in [2.75, 3.05) is 39.0 Å². The minimum atomic E-state index is -0.835. The number of hydrogen-bond donors (Lipinski definition) is 0. The third-order valence-corrected chi connectivity index (χ3v) is 7.67. The van der Waals surface area contributed by atoms with Crippen molar-refractivity contribution in [1.29, 1.82) is 0 Å². The Morgan fingerprint density at radius 3 is 1.87 bits per heavy atom. The van der Waals surface area contributed by atoms with E-state index in [0.717, 1.165) is 47.4 Å². The number of thioether (sulfide) groups is 1. The van der Waals surface area contributed by atoms with Gasteiger partial charge in [-0.05, 0) is 37.1 Å². The molecule has 0 radical (unpaired) electrons. The molecule has 0 N–H and O–H groups in total. The first-order chi connectivity index (χ1) is 14.5. The summed E-state index contributed by atoms with van der Waals surface area (Å²) >= 11 is 1.71. The lowest BCUT2D eigenvalue weighted by Crippen LogP contribution is -3.00. The van der Waals surface area contributed by atoms with Gasteiger partial charge in [0.1, 0.15) is 13.2 Å². The second kappa shape index (κ2) is 14.2. The summed E-state index contributed by atoms with van der Waals surface area (Å²) in [4.78, 5) is 13.7. The van der Waals surface area contributed by atoms with Gasteiger partial charge in [-0.15, -0.1) is 11.8 Å². The van der Waals surface area contributed by atoms with Crippen molar-refractivity contribution >= 4 is 17.7 Å². The first kappa shape index (κ1) is 28.0. The minimum absolute atomic E-state index is 0. The predicted molar refractivity (Wildman–Crippen MR) is 129 cm³/mol. The average molecular weight is 556 g/mol. The van der Waals surface area contributed by atoms with E-state index in [-0.39, 0.29) is 29.9 Å². The molecule has 2 rings (SSSR count). The zero-order valence-electron chi connectivity index (χ0n) is 19.5. The largest absolute Gasteiger partial charge is 1.00 e. The SMILES string of the molecule is CCCCCSC(C(=O)OCC[N+](C)(CC)CC)(c1ccccc1)c1ccccc1.[I-]. The lowest BCUT2D eigenvalue weighted by Gasteiger charge is -2.34. The number of halogens is 1. The molecule has 0 saturated carbocycles. The standard InChI is InChI=1S/C26H38NO2S.HI/c1-5-8-15-22-30-26(23-16-11-9-12-17-23,24-18-13-10-14-19-24)25(28)29-21-20-27(4,6-2)7-3;/h9-14,16-19H,5-8,15,20-22H2,1-4H3;1H/q+1;/p-1. The molecule has 0 amide bonds. The van der Waals surface area contributed by atoms with Crippen LogP contribution >= 0.6 is 11.8 Å². The van der Waals surface area contributed by atoms with Crippen molar-refractivity contribution in [2.45, 2.75) is 44.8 Å². The fourth-order valence-corrected chi connectivity index (χ4v) is 4.99. The van der Waals surface area contributed by atoms with E-state index in [1.807, 2.05) is 36.4 Å². The highest BCUT2D eigenvalue weighted by molar-refractivity contribution is 8.01. The van der Waals surface area contributed by atoms with Crippen LogP contribution in [0.1, 0.15) is 51.2 Å². The second-order valence-corrected chi connectivity index (χ2v) is 9.39. The second-order valence-electron chi connectivity index (χ2n) is 8.08. The molecular formula is C26H38INO2S. The van der Waals surface area contributed by atoms with Gasteiger partial charge >= 0.3 is 5.97 Å². The predicted octanol–water partition coefficient (Wildman–Crippen LogP) is 2.89. The van der Waals surface area contributed by atoms with Crippen molar-refractivity contribution in [3.63, 3.8) is 0 Å². The fraction of sp³-hybridized carbons (Fsp3) is 0.500. The number of nitrogens with zero attached hydrogens (tertiary/aromatic N) is 1. The zero-order chi connectivity index (χ0) is 21.9. The Morgan fingerprint density at radius 1 is 0.903 bits per heavy atom. The molecule has 3 nitrogen and oxygen atoms in total. The van der Waals surface area contributed by atoms with E-state index in [2.05, 4.69) is 52.1 Å². The highest BCUT2D eigenvalue weighted by atomic mass is 127. The molecule has 0 aliphatic carbocycles. The van der Waals surface area contributed by atoms with Gasteiger partial charge in [0.25, 0.3) is 0 Å². The maximum Gasteiger partial charge on any atom is 0.331 e. The summed E-state index contributed by atoms with van der Waals surface area (Å²) in [6.07, 6.45) is 3.43. The molecule has 5 heteroatoms. The molecule has 0 unspecified atom stereocenters. The van der Waals surface area contributed by atoms with Crippen LogP contribution in [0.5, 0.6) is 0 Å². The molecule has 0 saturated heterocycles. The Kier molecular flexibility index (Phi) is 12.8. The molecule has 0 aliphatic heterocycles. The van der Waals surface area contributed by atoms with E-state index in [0.29, 0.717) is 6.61 Å². The van der Waals surface area contributed by atoms with Crippen LogP contribution in [0.25, 0.3) is 0 Å². The van der Waals surface area contributed by atoms with E-state index >= 15 is 0 Å². The molecule has 2 aromatic carbocycles. The van der Waals surface area contributed by atoms with E-state index < -0.39 is 4.75 Å². The highest BCUT2D eigenvalue weighted by Gasteiger charge is 2.44. The van der Waals surface area contributed by atoms with Crippen molar-refractivity contribution < 1.29 is 38.0 Å².